The van der Waals surface area contributed by atoms with Crippen LogP contribution in [0.3, 0.4) is 0 Å². The number of amides is 2. The number of hydrogen-bond acceptors (Lipinski definition) is 5. The molecule has 0 spiro atoms. The molecule has 7 heteroatoms. The van der Waals surface area contributed by atoms with E-state index in [0.717, 1.165) is 11.3 Å². The number of rotatable bonds is 4. The van der Waals surface area contributed by atoms with Gasteiger partial charge in [0, 0.05) is 39.4 Å². The Balaban J connectivity index is 1.75. The fourth-order valence-electron chi connectivity index (χ4n) is 3.87. The van der Waals surface area contributed by atoms with E-state index in [1.807, 2.05) is 29.2 Å². The van der Waals surface area contributed by atoms with E-state index < -0.39 is 5.41 Å². The molecular weight excluding hydrogens is 348 g/mol. The zero-order chi connectivity index (χ0) is 19.3. The van der Waals surface area contributed by atoms with Crippen molar-refractivity contribution in [3.8, 4) is 5.75 Å². The van der Waals surface area contributed by atoms with Crippen molar-refractivity contribution in [2.24, 2.45) is 0 Å². The Kier molecular flexibility index (Phi) is 6.21. The van der Waals surface area contributed by atoms with Crippen LogP contribution in [0.15, 0.2) is 24.3 Å². The highest BCUT2D eigenvalue weighted by molar-refractivity contribution is 5.88. The summed E-state index contributed by atoms with van der Waals surface area (Å²) in [5.41, 5.74) is 0.431. The molecule has 3 rings (SSSR count). The van der Waals surface area contributed by atoms with Crippen LogP contribution in [0.5, 0.6) is 5.75 Å². The first kappa shape index (κ1) is 19.5. The molecule has 0 aromatic heterocycles. The summed E-state index contributed by atoms with van der Waals surface area (Å²) in [6.07, 6.45) is 1.02. The standard InChI is InChI=1S/C20H28N2O5/c1-3-27-19(24)22-12-10-21(11-13-22)18(23)20(8-14-26-15-9-20)16-4-6-17(25-2)7-5-16/h4-7H,3,8-15H2,1-2H3. The molecule has 0 N–H and O–H groups in total. The molecule has 2 amide bonds. The largest absolute Gasteiger partial charge is 0.497 e. The normalized spacial score (nSPS) is 19.5. The smallest absolute Gasteiger partial charge is 0.409 e. The second-order valence-corrected chi connectivity index (χ2v) is 6.90. The number of carbonyl (C=O) groups is 2. The Bertz CT molecular complexity index is 647. The van der Waals surface area contributed by atoms with Crippen molar-refractivity contribution in [3.05, 3.63) is 29.8 Å². The second kappa shape index (κ2) is 8.61. The zero-order valence-electron chi connectivity index (χ0n) is 16.1. The molecule has 2 aliphatic heterocycles. The van der Waals surface area contributed by atoms with Gasteiger partial charge in [0.1, 0.15) is 5.75 Å². The molecule has 2 aliphatic rings. The van der Waals surface area contributed by atoms with E-state index >= 15 is 0 Å². The van der Waals surface area contributed by atoms with Gasteiger partial charge in [0.2, 0.25) is 5.91 Å². The molecule has 0 atom stereocenters. The maximum absolute atomic E-state index is 13.5. The summed E-state index contributed by atoms with van der Waals surface area (Å²) in [5, 5.41) is 0. The first-order chi connectivity index (χ1) is 13.1. The van der Waals surface area contributed by atoms with Gasteiger partial charge in [0.15, 0.2) is 0 Å². The third-order valence-corrected chi connectivity index (χ3v) is 5.49. The molecule has 27 heavy (non-hydrogen) atoms. The van der Waals surface area contributed by atoms with E-state index in [1.165, 1.54) is 0 Å². The van der Waals surface area contributed by atoms with E-state index in [9.17, 15) is 9.59 Å². The number of piperazine rings is 1. The van der Waals surface area contributed by atoms with Crippen LogP contribution in [0, 0.1) is 0 Å². The summed E-state index contributed by atoms with van der Waals surface area (Å²) in [6.45, 7) is 5.34. The average Bonchev–Trinajstić information content (AvgIpc) is 2.74. The number of hydrogen-bond donors (Lipinski definition) is 0. The number of methoxy groups -OCH3 is 1. The van der Waals surface area contributed by atoms with Gasteiger partial charge in [-0.15, -0.1) is 0 Å². The molecule has 7 nitrogen and oxygen atoms in total. The minimum Gasteiger partial charge on any atom is -0.497 e. The van der Waals surface area contributed by atoms with Crippen LogP contribution in [0.4, 0.5) is 4.79 Å². The van der Waals surface area contributed by atoms with Crippen LogP contribution in [0.2, 0.25) is 0 Å². The minimum atomic E-state index is -0.573. The molecule has 2 saturated heterocycles. The van der Waals surface area contributed by atoms with Crippen molar-refractivity contribution in [2.45, 2.75) is 25.2 Å². The fraction of sp³-hybridized carbons (Fsp3) is 0.600. The van der Waals surface area contributed by atoms with Crippen LogP contribution < -0.4 is 4.74 Å². The summed E-state index contributed by atoms with van der Waals surface area (Å²) in [7, 11) is 1.63. The predicted molar refractivity (Wildman–Crippen MR) is 99.9 cm³/mol. The Labute approximate surface area is 160 Å². The number of ether oxygens (including phenoxy) is 3. The highest BCUT2D eigenvalue weighted by Gasteiger charge is 2.44. The first-order valence-corrected chi connectivity index (χ1v) is 9.54. The number of nitrogens with zero attached hydrogens (tertiary/aromatic N) is 2. The first-order valence-electron chi connectivity index (χ1n) is 9.54. The van der Waals surface area contributed by atoms with Crippen molar-refractivity contribution in [3.63, 3.8) is 0 Å². The molecule has 0 aliphatic carbocycles. The van der Waals surface area contributed by atoms with Crippen LogP contribution in [-0.4, -0.2) is 74.9 Å². The average molecular weight is 376 g/mol. The minimum absolute atomic E-state index is 0.125. The molecule has 0 unspecified atom stereocenters. The highest BCUT2D eigenvalue weighted by Crippen LogP contribution is 2.37. The topological polar surface area (TPSA) is 68.3 Å². The van der Waals surface area contributed by atoms with Gasteiger partial charge in [0.25, 0.3) is 0 Å². The predicted octanol–water partition coefficient (Wildman–Crippen LogP) is 2.04. The lowest BCUT2D eigenvalue weighted by atomic mass is 9.73. The molecule has 2 fully saturated rings. The van der Waals surface area contributed by atoms with Gasteiger partial charge < -0.3 is 24.0 Å². The van der Waals surface area contributed by atoms with Gasteiger partial charge >= 0.3 is 6.09 Å². The Morgan fingerprint density at radius 3 is 2.19 bits per heavy atom. The quantitative estimate of drug-likeness (QED) is 0.804. The van der Waals surface area contributed by atoms with E-state index in [0.29, 0.717) is 58.8 Å². The van der Waals surface area contributed by atoms with E-state index in [1.54, 1.807) is 18.9 Å². The van der Waals surface area contributed by atoms with Crippen molar-refractivity contribution < 1.29 is 23.8 Å². The molecule has 0 bridgehead atoms. The zero-order valence-corrected chi connectivity index (χ0v) is 16.1. The summed E-state index contributed by atoms with van der Waals surface area (Å²) in [6, 6.07) is 7.77. The third kappa shape index (κ3) is 4.03. The monoisotopic (exact) mass is 376 g/mol. The lowest BCUT2D eigenvalue weighted by Gasteiger charge is -2.42. The van der Waals surface area contributed by atoms with E-state index in [-0.39, 0.29) is 12.0 Å². The van der Waals surface area contributed by atoms with Gasteiger partial charge in [-0.25, -0.2) is 4.79 Å². The van der Waals surface area contributed by atoms with Crippen LogP contribution in [0.1, 0.15) is 25.3 Å². The molecule has 0 radical (unpaired) electrons. The molecular formula is C20H28N2O5. The maximum atomic E-state index is 13.5. The Hall–Kier alpha value is -2.28. The maximum Gasteiger partial charge on any atom is 0.409 e. The van der Waals surface area contributed by atoms with Gasteiger partial charge in [-0.05, 0) is 37.5 Å². The van der Waals surface area contributed by atoms with Gasteiger partial charge in [-0.1, -0.05) is 12.1 Å². The lowest BCUT2D eigenvalue weighted by molar-refractivity contribution is -0.143. The highest BCUT2D eigenvalue weighted by atomic mass is 16.6. The molecule has 1 aromatic rings. The summed E-state index contributed by atoms with van der Waals surface area (Å²) in [4.78, 5) is 29.0. The molecule has 1 aromatic carbocycles. The summed E-state index contributed by atoms with van der Waals surface area (Å²) in [5.74, 6) is 0.899. The molecule has 0 saturated carbocycles. The van der Waals surface area contributed by atoms with Gasteiger partial charge in [-0.3, -0.25) is 4.79 Å². The number of carbonyl (C=O) groups excluding carboxylic acids is 2. The van der Waals surface area contributed by atoms with Crippen molar-refractivity contribution >= 4 is 12.0 Å². The van der Waals surface area contributed by atoms with E-state index in [4.69, 9.17) is 14.2 Å². The SMILES string of the molecule is CCOC(=O)N1CCN(C(=O)C2(c3ccc(OC)cc3)CCOCC2)CC1. The van der Waals surface area contributed by atoms with Crippen molar-refractivity contribution in [2.75, 3.05) is 53.1 Å². The Morgan fingerprint density at radius 1 is 1.04 bits per heavy atom. The van der Waals surface area contributed by atoms with E-state index in [2.05, 4.69) is 0 Å². The number of benzene rings is 1. The second-order valence-electron chi connectivity index (χ2n) is 6.90. The molecule has 148 valence electrons. The lowest BCUT2D eigenvalue weighted by Crippen LogP contribution is -2.56. The van der Waals surface area contributed by atoms with Gasteiger partial charge in [-0.2, -0.15) is 0 Å². The fourth-order valence-corrected chi connectivity index (χ4v) is 3.87. The Morgan fingerprint density at radius 2 is 1.63 bits per heavy atom. The summed E-state index contributed by atoms with van der Waals surface area (Å²) >= 11 is 0. The van der Waals surface area contributed by atoms with Crippen LogP contribution in [-0.2, 0) is 19.7 Å². The third-order valence-electron chi connectivity index (χ3n) is 5.49. The van der Waals surface area contributed by atoms with Crippen LogP contribution in [0.25, 0.3) is 0 Å². The molecule has 2 heterocycles. The van der Waals surface area contributed by atoms with Crippen molar-refractivity contribution in [1.29, 1.82) is 0 Å². The summed E-state index contributed by atoms with van der Waals surface area (Å²) < 4.78 is 15.8. The van der Waals surface area contributed by atoms with Gasteiger partial charge in [0.05, 0.1) is 19.1 Å². The van der Waals surface area contributed by atoms with Crippen LogP contribution >= 0.6 is 0 Å². The van der Waals surface area contributed by atoms with Crippen molar-refractivity contribution in [1.82, 2.24) is 9.80 Å².